The molecule has 12 heteroatoms. The second kappa shape index (κ2) is 31.1. The lowest BCUT2D eigenvalue weighted by atomic mass is 9.32. The van der Waals surface area contributed by atoms with Crippen LogP contribution in [-0.4, -0.2) is 66.5 Å². The van der Waals surface area contributed by atoms with Gasteiger partial charge >= 0.3 is 35.8 Å². The van der Waals surface area contributed by atoms with Gasteiger partial charge < -0.3 is 30.6 Å². The van der Waals surface area contributed by atoms with Crippen LogP contribution in [0.15, 0.2) is 369 Å². The maximum Gasteiger partial charge on any atom is 0.303 e. The molecule has 0 radical (unpaired) electrons. The van der Waals surface area contributed by atoms with E-state index in [1.807, 2.05) is 0 Å². The molecule has 0 bridgehead atoms. The highest BCUT2D eigenvalue weighted by Crippen LogP contribution is 2.97. The molecule has 16 aliphatic carbocycles. The minimum Gasteiger partial charge on any atom is -0.481 e. The van der Waals surface area contributed by atoms with E-state index in [0.717, 1.165) is 164 Å². The van der Waals surface area contributed by atoms with Crippen LogP contribution >= 0.6 is 0 Å². The number of rotatable bonds is 30. The average Bonchev–Trinajstić information content (AvgIpc) is 1.38. The minimum absolute atomic E-state index is 0.0338. The van der Waals surface area contributed by atoms with Gasteiger partial charge in [0.1, 0.15) is 0 Å². The fourth-order valence-corrected chi connectivity index (χ4v) is 34.1. The summed E-state index contributed by atoms with van der Waals surface area (Å²) in [6, 6.07) is 113. The maximum absolute atomic E-state index is 12.3. The van der Waals surface area contributed by atoms with Crippen LogP contribution in [0, 0.1) is 59.2 Å². The molecule has 0 saturated heterocycles. The van der Waals surface area contributed by atoms with Crippen molar-refractivity contribution in [2.75, 3.05) is 0 Å². The lowest BCUT2D eigenvalue weighted by Crippen LogP contribution is -2.66. The molecule has 0 amide bonds. The van der Waals surface area contributed by atoms with Gasteiger partial charge in [0.15, 0.2) is 0 Å². The van der Waals surface area contributed by atoms with E-state index in [1.54, 1.807) is 78.0 Å². The average molecular weight is 1860 g/mol. The molecule has 12 nitrogen and oxygen atoms in total. The summed E-state index contributed by atoms with van der Waals surface area (Å²) < 4.78 is 0. The quantitative estimate of drug-likeness (QED) is 0.0231. The number of benzene rings is 12. The highest BCUT2D eigenvalue weighted by Gasteiger charge is 2.91. The number of hydrogen-bond acceptors (Lipinski definition) is 6. The van der Waals surface area contributed by atoms with Gasteiger partial charge in [-0.3, -0.25) is 28.8 Å². The number of hydrogen-bond donors (Lipinski definition) is 6. The molecule has 5 saturated carbocycles. The number of fused-ring (bicyclic) bond motifs is 5. The van der Waals surface area contributed by atoms with Gasteiger partial charge in [-0.1, -0.05) is 291 Å². The van der Waals surface area contributed by atoms with E-state index < -0.39 is 68.3 Å². The van der Waals surface area contributed by atoms with Gasteiger partial charge in [-0.15, -0.1) is 0 Å². The number of allylic oxidation sites excluding steroid dienone is 14. The third-order valence-corrected chi connectivity index (χ3v) is 38.5. The first-order valence-corrected chi connectivity index (χ1v) is 52.1. The van der Waals surface area contributed by atoms with Crippen LogP contribution in [0.4, 0.5) is 0 Å². The Morgan fingerprint density at radius 2 is 0.317 bits per heavy atom. The Balaban J connectivity index is 0.821. The van der Waals surface area contributed by atoms with Gasteiger partial charge in [0.05, 0.1) is 32.5 Å². The summed E-state index contributed by atoms with van der Waals surface area (Å²) in [5.74, 6) is -3.06. The predicted molar refractivity (Wildman–Crippen MR) is 547 cm³/mol. The van der Waals surface area contributed by atoms with Crippen molar-refractivity contribution < 1.29 is 59.4 Å². The van der Waals surface area contributed by atoms with Crippen molar-refractivity contribution in [3.8, 4) is 66.8 Å². The lowest BCUT2D eigenvalue weighted by molar-refractivity contribution is -0.138. The highest BCUT2D eigenvalue weighted by molar-refractivity contribution is 6.02. The summed E-state index contributed by atoms with van der Waals surface area (Å²) in [5.41, 5.74) is 44.8. The van der Waals surface area contributed by atoms with Gasteiger partial charge in [0.25, 0.3) is 0 Å². The molecule has 0 aromatic heterocycles. The Bertz CT molecular complexity index is 7400. The van der Waals surface area contributed by atoms with E-state index >= 15 is 0 Å². The predicted octanol–water partition coefficient (Wildman–Crippen LogP) is 26.1. The maximum atomic E-state index is 12.3. The molecule has 12 aromatic carbocycles. The molecule has 0 aliphatic heterocycles. The highest BCUT2D eigenvalue weighted by atomic mass is 16.4. The molecular weight excluding hydrogens is 1750 g/mol. The van der Waals surface area contributed by atoms with Crippen LogP contribution in [0.1, 0.15) is 169 Å². The minimum atomic E-state index is -1.08. The van der Waals surface area contributed by atoms with Crippen molar-refractivity contribution in [3.05, 3.63) is 436 Å². The van der Waals surface area contributed by atoms with Crippen LogP contribution in [0.3, 0.4) is 0 Å². The Morgan fingerprint density at radius 3 is 0.500 bits per heavy atom. The molecule has 700 valence electrons. The first kappa shape index (κ1) is 85.6. The van der Waals surface area contributed by atoms with Crippen LogP contribution in [0.5, 0.6) is 0 Å². The normalized spacial score (nSPS) is 28.6. The Hall–Kier alpha value is -14.4. The number of aliphatic carboxylic acids is 6. The Kier molecular flexibility index (Phi) is 18.7. The molecule has 6 N–H and O–H groups in total. The van der Waals surface area contributed by atoms with Crippen molar-refractivity contribution in [1.29, 1.82) is 0 Å². The molecular formula is C130H108O12. The SMILES string of the molecule is O=C(O)CCc1ccc(-c2ccc([C@]34C5=C6[C@]7(c8ccc(-c9ccc(CCC(=O)O)cc9)cc8)C8=C3C3CCC8C8CCC9C(=C87)[C@]7(c8ccc(-c%10ccc(CCC(=O)O)cc%10)cc8)C8=C%10C(CCC89)C8CCC9C%11=C8[C@]%10(c8ccc(-c%10ccc(CCC(=O)O)cc%10)cc8)C(=C5[C@@]%11(c5ccc(-c8ccc(CCC(=O)O)cc8)cc5)C5=C4C3CCC59)[C@]67c3ccc(-c4ccc(CCC(=O)O)cc4)cc3)cc2)cc1. The van der Waals surface area contributed by atoms with Crippen LogP contribution in [0.25, 0.3) is 66.8 Å². The van der Waals surface area contributed by atoms with E-state index in [1.165, 1.54) is 33.4 Å². The van der Waals surface area contributed by atoms with Gasteiger partial charge in [0, 0.05) is 38.5 Å². The van der Waals surface area contributed by atoms with Crippen LogP contribution < -0.4 is 0 Å². The van der Waals surface area contributed by atoms with E-state index in [0.29, 0.717) is 38.5 Å². The van der Waals surface area contributed by atoms with Crippen molar-refractivity contribution in [1.82, 2.24) is 0 Å². The van der Waals surface area contributed by atoms with E-state index in [4.69, 9.17) is 0 Å². The van der Waals surface area contributed by atoms with Crippen molar-refractivity contribution >= 4 is 35.8 Å². The summed E-state index contributed by atoms with van der Waals surface area (Å²) >= 11 is 0. The van der Waals surface area contributed by atoms with Crippen LogP contribution in [-0.2, 0) is 99.8 Å². The molecule has 12 aromatic rings. The third kappa shape index (κ3) is 11.2. The number of carboxylic acid groups (broad SMARTS) is 6. The molecule has 0 heterocycles. The fraction of sp³-hybridized carbons (Fsp3) is 0.292. The Morgan fingerprint density at radius 1 is 0.176 bits per heavy atom. The topological polar surface area (TPSA) is 224 Å². The summed E-state index contributed by atoms with van der Waals surface area (Å²) in [6.45, 7) is 0. The molecule has 0 spiro atoms. The molecule has 10 unspecified atom stereocenters. The van der Waals surface area contributed by atoms with E-state index in [9.17, 15) is 59.4 Å². The number of aryl methyl sites for hydroxylation is 6. The third-order valence-electron chi connectivity index (χ3n) is 38.5. The van der Waals surface area contributed by atoms with Crippen LogP contribution in [0.2, 0.25) is 0 Å². The van der Waals surface area contributed by atoms with Crippen molar-refractivity contribution in [2.24, 2.45) is 59.2 Å². The zero-order chi connectivity index (χ0) is 95.7. The molecule has 142 heavy (non-hydrogen) atoms. The fourth-order valence-electron chi connectivity index (χ4n) is 34.1. The van der Waals surface area contributed by atoms with Crippen molar-refractivity contribution in [3.63, 3.8) is 0 Å². The monoisotopic (exact) mass is 1860 g/mol. The summed E-state index contributed by atoms with van der Waals surface area (Å²) in [6.07, 6.45) is 13.6. The standard InChI is InChI=1S/C130H108O12/c131-105(132)65-13-71-1-19-77(20-2-71)83-31-43-89(44-32-83)125-111-95-55-56-96-98-58-60-100-102-62-64-104-103-63-61-101-99-59-57-97(95)113(125)115(99)127(91-47-35-85(36-48-91)79-23-5-73(6-24-79)15-67-107(135)136)117(101)119(103)129(93-51-39-87(40-52-93)81-27-9-75(10-28-81)17-69-109(139)140)120(104)118(102)128(92-49-37-86(38-50-92)80-25-7-74(8-26-80)16-68-108(137)138)116(100)114(98)126(112(96)111,90-45-33-84(34-46-90)78-21-3-72(4-22-78)14-66-106(133)134)122-121(125)123(127)130(129,124(122)128)94-53-41-88(42-54-94)82-29-11-76(12-30-82)18-70-110(141)142/h1-12,19-54,95-104H,13-18,55-70H2,(H,131,132)(H,133,134)(H,135,136)(H,137,138)(H,139,140)(H,141,142)/t95?,96?,97?,98?,99?,100?,101?,102?,103?,104?,125-,126+,127-,128+,129-,130+. The number of carbonyl (C=O) groups is 6. The molecule has 16 atom stereocenters. The zero-order valence-electron chi connectivity index (χ0n) is 79.2. The summed E-state index contributed by atoms with van der Waals surface area (Å²) in [5, 5.41) is 59.9. The van der Waals surface area contributed by atoms with Gasteiger partial charge in [0.2, 0.25) is 0 Å². The first-order chi connectivity index (χ1) is 69.3. The second-order valence-electron chi connectivity index (χ2n) is 44.1. The van der Waals surface area contributed by atoms with Gasteiger partial charge in [-0.05, 0) is 373 Å². The Labute approximate surface area is 825 Å². The lowest BCUT2D eigenvalue weighted by Gasteiger charge is -2.68. The summed E-state index contributed by atoms with van der Waals surface area (Å²) in [7, 11) is 0. The van der Waals surface area contributed by atoms with Crippen molar-refractivity contribution in [2.45, 2.75) is 174 Å². The molecule has 28 rings (SSSR count). The molecule has 5 fully saturated rings. The van der Waals surface area contributed by atoms with Gasteiger partial charge in [-0.2, -0.15) is 0 Å². The first-order valence-electron chi connectivity index (χ1n) is 52.1. The molecule has 16 aliphatic rings. The summed E-state index contributed by atoms with van der Waals surface area (Å²) in [4.78, 5) is 73.0. The van der Waals surface area contributed by atoms with E-state index in [2.05, 4.69) is 291 Å². The zero-order valence-corrected chi connectivity index (χ0v) is 79.2. The smallest absolute Gasteiger partial charge is 0.303 e. The number of carboxylic acids is 6. The van der Waals surface area contributed by atoms with Gasteiger partial charge in [-0.25, -0.2) is 0 Å². The largest absolute Gasteiger partial charge is 0.481 e. The second-order valence-corrected chi connectivity index (χ2v) is 44.1. The van der Waals surface area contributed by atoms with E-state index in [-0.39, 0.29) is 97.7 Å².